The van der Waals surface area contributed by atoms with Gasteiger partial charge < -0.3 is 4.90 Å². The first-order valence-electron chi connectivity index (χ1n) is 8.39. The molecule has 3 rings (SSSR count). The number of hydrogen-bond acceptors (Lipinski definition) is 7. The van der Waals surface area contributed by atoms with Crippen LogP contribution in [0.5, 0.6) is 0 Å². The molecule has 0 aliphatic heterocycles. The van der Waals surface area contributed by atoms with Gasteiger partial charge in [-0.2, -0.15) is 4.52 Å². The standard InChI is InChI=1S/C16H25N5OS2/c1-19(8-9-20(2)13-6-4-5-7-13)11-12-10-14(22)21-15(17-12)24-16(18-21)23-3/h10,13H,4-9,11H2,1-3H3. The van der Waals surface area contributed by atoms with Crippen LogP contribution in [0.2, 0.25) is 0 Å². The van der Waals surface area contributed by atoms with E-state index in [0.717, 1.165) is 29.2 Å². The Hall–Kier alpha value is -0.960. The van der Waals surface area contributed by atoms with Crippen molar-refractivity contribution >= 4 is 28.1 Å². The van der Waals surface area contributed by atoms with E-state index in [2.05, 4.69) is 34.0 Å². The van der Waals surface area contributed by atoms with Crippen molar-refractivity contribution in [2.24, 2.45) is 0 Å². The fourth-order valence-corrected chi connectivity index (χ4v) is 4.59. The van der Waals surface area contributed by atoms with Crippen molar-refractivity contribution < 1.29 is 0 Å². The van der Waals surface area contributed by atoms with E-state index >= 15 is 0 Å². The number of fused-ring (bicyclic) bond motifs is 1. The molecule has 2 aromatic rings. The van der Waals surface area contributed by atoms with E-state index in [1.54, 1.807) is 6.07 Å². The van der Waals surface area contributed by atoms with Gasteiger partial charge in [-0.15, -0.1) is 5.10 Å². The smallest absolute Gasteiger partial charge is 0.275 e. The van der Waals surface area contributed by atoms with Crippen molar-refractivity contribution in [1.82, 2.24) is 24.4 Å². The Balaban J connectivity index is 1.60. The molecule has 24 heavy (non-hydrogen) atoms. The maximum Gasteiger partial charge on any atom is 0.275 e. The molecule has 0 radical (unpaired) electrons. The summed E-state index contributed by atoms with van der Waals surface area (Å²) in [5, 5.41) is 4.26. The summed E-state index contributed by atoms with van der Waals surface area (Å²) in [5.41, 5.74) is 0.727. The average molecular weight is 368 g/mol. The second-order valence-electron chi connectivity index (χ2n) is 6.51. The highest BCUT2D eigenvalue weighted by Crippen LogP contribution is 2.22. The van der Waals surface area contributed by atoms with E-state index in [-0.39, 0.29) is 5.56 Å². The normalized spacial score (nSPS) is 16.0. The summed E-state index contributed by atoms with van der Waals surface area (Å²) in [6.07, 6.45) is 7.35. The van der Waals surface area contributed by atoms with Crippen LogP contribution < -0.4 is 5.56 Å². The lowest BCUT2D eigenvalue weighted by Gasteiger charge is -2.26. The van der Waals surface area contributed by atoms with Crippen LogP contribution in [0.1, 0.15) is 31.4 Å². The highest BCUT2D eigenvalue weighted by molar-refractivity contribution is 8.00. The lowest BCUT2D eigenvalue weighted by molar-refractivity contribution is 0.203. The van der Waals surface area contributed by atoms with E-state index in [4.69, 9.17) is 0 Å². The lowest BCUT2D eigenvalue weighted by Crippen LogP contribution is -2.36. The Morgan fingerprint density at radius 1 is 1.33 bits per heavy atom. The number of aromatic nitrogens is 3. The maximum absolute atomic E-state index is 12.2. The van der Waals surface area contributed by atoms with Gasteiger partial charge in [-0.25, -0.2) is 4.98 Å². The molecule has 0 spiro atoms. The lowest BCUT2D eigenvalue weighted by atomic mass is 10.2. The van der Waals surface area contributed by atoms with E-state index < -0.39 is 0 Å². The highest BCUT2D eigenvalue weighted by atomic mass is 32.2. The van der Waals surface area contributed by atoms with E-state index in [1.165, 1.54) is 53.3 Å². The van der Waals surface area contributed by atoms with Gasteiger partial charge in [0.15, 0.2) is 4.34 Å². The van der Waals surface area contributed by atoms with Gasteiger partial charge in [0.1, 0.15) is 0 Å². The van der Waals surface area contributed by atoms with Gasteiger partial charge >= 0.3 is 0 Å². The van der Waals surface area contributed by atoms with Crippen molar-refractivity contribution in [3.05, 3.63) is 22.1 Å². The highest BCUT2D eigenvalue weighted by Gasteiger charge is 2.19. The molecule has 1 aliphatic rings. The molecular formula is C16H25N5OS2. The summed E-state index contributed by atoms with van der Waals surface area (Å²) in [7, 11) is 4.31. The minimum absolute atomic E-state index is 0.0944. The summed E-state index contributed by atoms with van der Waals surface area (Å²) < 4.78 is 2.26. The molecule has 0 N–H and O–H groups in total. The number of likely N-dealkylation sites (N-methyl/N-ethyl adjacent to an activating group) is 2. The van der Waals surface area contributed by atoms with Crippen molar-refractivity contribution in [2.45, 2.75) is 42.6 Å². The Kier molecular flexibility index (Phi) is 5.91. The third-order valence-electron chi connectivity index (χ3n) is 4.67. The SMILES string of the molecule is CSc1nn2c(=O)cc(CN(C)CCN(C)C3CCCC3)nc2s1. The van der Waals surface area contributed by atoms with Gasteiger partial charge in [0.05, 0.1) is 5.69 Å². The number of rotatable bonds is 7. The molecule has 0 bridgehead atoms. The first kappa shape index (κ1) is 17.8. The maximum atomic E-state index is 12.2. The predicted octanol–water partition coefficient (Wildman–Crippen LogP) is 2.18. The van der Waals surface area contributed by atoms with Gasteiger partial charge in [0.25, 0.3) is 5.56 Å². The van der Waals surface area contributed by atoms with Crippen LogP contribution >= 0.6 is 23.1 Å². The van der Waals surface area contributed by atoms with Gasteiger partial charge in [0, 0.05) is 31.7 Å². The van der Waals surface area contributed by atoms with Crippen LogP contribution in [0.3, 0.4) is 0 Å². The zero-order chi connectivity index (χ0) is 17.1. The van der Waals surface area contributed by atoms with Crippen LogP contribution in [-0.2, 0) is 6.54 Å². The number of nitrogens with zero attached hydrogens (tertiary/aromatic N) is 5. The molecule has 1 fully saturated rings. The minimum Gasteiger partial charge on any atom is -0.302 e. The molecule has 132 valence electrons. The summed E-state index contributed by atoms with van der Waals surface area (Å²) in [6, 6.07) is 2.35. The van der Waals surface area contributed by atoms with Crippen molar-refractivity contribution in [3.63, 3.8) is 0 Å². The molecule has 2 aromatic heterocycles. The molecule has 0 unspecified atom stereocenters. The van der Waals surface area contributed by atoms with Gasteiger partial charge in [-0.1, -0.05) is 35.9 Å². The molecule has 6 nitrogen and oxygen atoms in total. The Labute approximate surface area is 150 Å². The zero-order valence-electron chi connectivity index (χ0n) is 14.6. The predicted molar refractivity (Wildman–Crippen MR) is 100 cm³/mol. The van der Waals surface area contributed by atoms with Crippen molar-refractivity contribution in [2.75, 3.05) is 33.4 Å². The van der Waals surface area contributed by atoms with E-state index in [9.17, 15) is 4.79 Å². The third kappa shape index (κ3) is 4.17. The van der Waals surface area contributed by atoms with Crippen molar-refractivity contribution in [3.8, 4) is 0 Å². The molecular weight excluding hydrogens is 342 g/mol. The second-order valence-corrected chi connectivity index (χ2v) is 8.52. The topological polar surface area (TPSA) is 53.7 Å². The van der Waals surface area contributed by atoms with Crippen LogP contribution in [0.4, 0.5) is 0 Å². The minimum atomic E-state index is -0.0944. The summed E-state index contributed by atoms with van der Waals surface area (Å²) in [5.74, 6) is 0. The molecule has 1 aliphatic carbocycles. The molecule has 0 saturated heterocycles. The van der Waals surface area contributed by atoms with Gasteiger partial charge in [-0.3, -0.25) is 9.69 Å². The Bertz CT molecular complexity index is 738. The monoisotopic (exact) mass is 367 g/mol. The fraction of sp³-hybridized carbons (Fsp3) is 0.688. The Morgan fingerprint density at radius 3 is 2.79 bits per heavy atom. The number of thioether (sulfide) groups is 1. The quantitative estimate of drug-likeness (QED) is 0.699. The van der Waals surface area contributed by atoms with E-state index in [1.807, 2.05) is 6.26 Å². The van der Waals surface area contributed by atoms with Crippen LogP contribution in [0, 0.1) is 0 Å². The first-order valence-corrected chi connectivity index (χ1v) is 10.4. The zero-order valence-corrected chi connectivity index (χ0v) is 16.2. The summed E-state index contributed by atoms with van der Waals surface area (Å²) >= 11 is 3.00. The summed E-state index contributed by atoms with van der Waals surface area (Å²) in [4.78, 5) is 22.2. The van der Waals surface area contributed by atoms with Gasteiger partial charge in [-0.05, 0) is 33.2 Å². The molecule has 0 aromatic carbocycles. The fourth-order valence-electron chi connectivity index (χ4n) is 3.21. The third-order valence-corrected chi connectivity index (χ3v) is 6.55. The summed E-state index contributed by atoms with van der Waals surface area (Å²) in [6.45, 7) is 2.73. The van der Waals surface area contributed by atoms with Crippen molar-refractivity contribution in [1.29, 1.82) is 0 Å². The molecule has 1 saturated carbocycles. The number of hydrogen-bond donors (Lipinski definition) is 0. The van der Waals surface area contributed by atoms with Gasteiger partial charge in [0.2, 0.25) is 4.96 Å². The average Bonchev–Trinajstić information content (AvgIpc) is 3.21. The molecule has 2 heterocycles. The van der Waals surface area contributed by atoms with Crippen LogP contribution in [0.15, 0.2) is 15.2 Å². The van der Waals surface area contributed by atoms with Crippen LogP contribution in [-0.4, -0.2) is 63.9 Å². The largest absolute Gasteiger partial charge is 0.302 e. The van der Waals surface area contributed by atoms with Crippen LogP contribution in [0.25, 0.3) is 4.96 Å². The second kappa shape index (κ2) is 7.95. The Morgan fingerprint density at radius 2 is 2.08 bits per heavy atom. The van der Waals surface area contributed by atoms with E-state index in [0.29, 0.717) is 11.5 Å². The molecule has 8 heteroatoms. The molecule has 0 atom stereocenters. The molecule has 0 amide bonds. The first-order chi connectivity index (χ1) is 11.6.